The van der Waals surface area contributed by atoms with E-state index in [1.807, 2.05) is 36.5 Å². The van der Waals surface area contributed by atoms with Crippen LogP contribution in [0.1, 0.15) is 16.5 Å². The number of rotatable bonds is 6. The summed E-state index contributed by atoms with van der Waals surface area (Å²) >= 11 is 1.51. The Morgan fingerprint density at radius 3 is 2.25 bits per heavy atom. The van der Waals surface area contributed by atoms with Gasteiger partial charge < -0.3 is 4.90 Å². The summed E-state index contributed by atoms with van der Waals surface area (Å²) in [5.74, 6) is 0. The van der Waals surface area contributed by atoms with Crippen molar-refractivity contribution in [3.63, 3.8) is 0 Å². The molecule has 0 aliphatic rings. The quantitative estimate of drug-likeness (QED) is 0.839. The van der Waals surface area contributed by atoms with E-state index in [9.17, 15) is 21.6 Å². The van der Waals surface area contributed by atoms with Gasteiger partial charge in [0.15, 0.2) is 0 Å². The monoisotopic (exact) mass is 378 g/mol. The second-order valence-electron chi connectivity index (χ2n) is 5.37. The molecule has 0 saturated carbocycles. The van der Waals surface area contributed by atoms with E-state index in [0.717, 1.165) is 29.1 Å². The predicted molar refractivity (Wildman–Crippen MR) is 87.4 cm³/mol. The highest BCUT2D eigenvalue weighted by Gasteiger charge is 2.30. The summed E-state index contributed by atoms with van der Waals surface area (Å²) in [6, 6.07) is 7.06. The Balaban J connectivity index is 2.13. The van der Waals surface area contributed by atoms with Crippen molar-refractivity contribution in [1.82, 2.24) is 9.62 Å². The Kier molecular flexibility index (Phi) is 5.69. The number of thiophene rings is 1. The molecule has 1 aromatic carbocycles. The van der Waals surface area contributed by atoms with Crippen LogP contribution in [0.15, 0.2) is 46.7 Å². The van der Waals surface area contributed by atoms with Crippen molar-refractivity contribution in [3.8, 4) is 0 Å². The highest BCUT2D eigenvalue weighted by Crippen LogP contribution is 2.30. The number of sulfonamides is 1. The molecule has 0 radical (unpaired) electrons. The lowest BCUT2D eigenvalue weighted by molar-refractivity contribution is -0.137. The van der Waals surface area contributed by atoms with Crippen molar-refractivity contribution in [2.24, 2.45) is 0 Å². The van der Waals surface area contributed by atoms with Crippen LogP contribution in [0.25, 0.3) is 0 Å². The van der Waals surface area contributed by atoms with Gasteiger partial charge in [0.25, 0.3) is 0 Å². The first-order valence-electron chi connectivity index (χ1n) is 6.98. The highest BCUT2D eigenvalue weighted by atomic mass is 32.2. The molecule has 1 heterocycles. The molecule has 1 aromatic heterocycles. The van der Waals surface area contributed by atoms with Crippen LogP contribution in [0.3, 0.4) is 0 Å². The van der Waals surface area contributed by atoms with Crippen LogP contribution in [-0.4, -0.2) is 34.0 Å². The fraction of sp³-hybridized carbons (Fsp3) is 0.333. The molecular weight excluding hydrogens is 361 g/mol. The van der Waals surface area contributed by atoms with Gasteiger partial charge in [0.2, 0.25) is 10.0 Å². The van der Waals surface area contributed by atoms with Gasteiger partial charge in [0.1, 0.15) is 0 Å². The molecule has 2 rings (SSSR count). The number of nitrogens with zero attached hydrogens (tertiary/aromatic N) is 1. The first-order chi connectivity index (χ1) is 11.1. The molecule has 0 aliphatic heterocycles. The van der Waals surface area contributed by atoms with E-state index in [1.165, 1.54) is 11.3 Å². The maximum absolute atomic E-state index is 12.5. The smallest absolute Gasteiger partial charge is 0.300 e. The third-order valence-corrected chi connectivity index (χ3v) is 5.87. The van der Waals surface area contributed by atoms with E-state index < -0.39 is 21.8 Å². The zero-order chi connectivity index (χ0) is 18.0. The molecule has 0 amide bonds. The minimum absolute atomic E-state index is 0.122. The first-order valence-corrected chi connectivity index (χ1v) is 9.34. The van der Waals surface area contributed by atoms with Gasteiger partial charge in [0, 0.05) is 11.4 Å². The molecule has 0 spiro atoms. The summed E-state index contributed by atoms with van der Waals surface area (Å²) in [5.41, 5.74) is -0.883. The van der Waals surface area contributed by atoms with Gasteiger partial charge in [-0.05, 0) is 49.8 Å². The van der Waals surface area contributed by atoms with Crippen molar-refractivity contribution < 1.29 is 21.6 Å². The van der Waals surface area contributed by atoms with Crippen LogP contribution in [0.2, 0.25) is 0 Å². The van der Waals surface area contributed by atoms with Crippen molar-refractivity contribution in [1.29, 1.82) is 0 Å². The third kappa shape index (κ3) is 4.56. The van der Waals surface area contributed by atoms with Crippen molar-refractivity contribution in [2.75, 3.05) is 20.6 Å². The van der Waals surface area contributed by atoms with Crippen LogP contribution in [0.5, 0.6) is 0 Å². The van der Waals surface area contributed by atoms with Gasteiger partial charge in [-0.3, -0.25) is 0 Å². The molecule has 24 heavy (non-hydrogen) atoms. The molecule has 0 unspecified atom stereocenters. The number of halogens is 3. The molecule has 9 heteroatoms. The minimum Gasteiger partial charge on any atom is -0.300 e. The largest absolute Gasteiger partial charge is 0.416 e. The molecule has 0 saturated heterocycles. The topological polar surface area (TPSA) is 49.4 Å². The summed E-state index contributed by atoms with van der Waals surface area (Å²) in [4.78, 5) is 2.68. The van der Waals surface area contributed by atoms with Crippen LogP contribution in [0.4, 0.5) is 13.2 Å². The number of alkyl halides is 3. The lowest BCUT2D eigenvalue weighted by atomic mass is 10.2. The van der Waals surface area contributed by atoms with E-state index in [0.29, 0.717) is 0 Å². The Hall–Kier alpha value is -1.42. The number of nitrogens with one attached hydrogen (secondary N) is 1. The molecule has 0 fully saturated rings. The molecule has 1 N–H and O–H groups in total. The Labute approximate surface area is 143 Å². The predicted octanol–water partition coefficient (Wildman–Crippen LogP) is 3.35. The molecule has 1 atom stereocenters. The van der Waals surface area contributed by atoms with E-state index in [2.05, 4.69) is 4.72 Å². The fourth-order valence-electron chi connectivity index (χ4n) is 2.11. The zero-order valence-electron chi connectivity index (χ0n) is 13.0. The number of hydrogen-bond donors (Lipinski definition) is 1. The van der Waals surface area contributed by atoms with Crippen LogP contribution < -0.4 is 4.72 Å². The fourth-order valence-corrected chi connectivity index (χ4v) is 4.07. The number of hydrogen-bond acceptors (Lipinski definition) is 4. The van der Waals surface area contributed by atoms with Crippen LogP contribution in [-0.2, 0) is 16.2 Å². The average molecular weight is 378 g/mol. The molecular formula is C15H17F3N2O2S2. The summed E-state index contributed by atoms with van der Waals surface area (Å²) in [5, 5.41) is 1.90. The van der Waals surface area contributed by atoms with E-state index >= 15 is 0 Å². The van der Waals surface area contributed by atoms with Crippen LogP contribution in [0, 0.1) is 0 Å². The van der Waals surface area contributed by atoms with Crippen molar-refractivity contribution in [2.45, 2.75) is 17.1 Å². The van der Waals surface area contributed by atoms with E-state index in [1.54, 1.807) is 0 Å². The lowest BCUT2D eigenvalue weighted by Crippen LogP contribution is -2.34. The van der Waals surface area contributed by atoms with E-state index in [-0.39, 0.29) is 17.5 Å². The summed E-state index contributed by atoms with van der Waals surface area (Å²) in [6.07, 6.45) is -4.50. The second-order valence-corrected chi connectivity index (χ2v) is 8.12. The van der Waals surface area contributed by atoms with Gasteiger partial charge >= 0.3 is 6.18 Å². The van der Waals surface area contributed by atoms with Gasteiger partial charge in [-0.2, -0.15) is 13.2 Å². The molecule has 132 valence electrons. The lowest BCUT2D eigenvalue weighted by Gasteiger charge is -2.23. The first kappa shape index (κ1) is 18.9. The van der Waals surface area contributed by atoms with E-state index in [4.69, 9.17) is 0 Å². The molecule has 2 aromatic rings. The third-order valence-electron chi connectivity index (χ3n) is 3.45. The molecule has 4 nitrogen and oxygen atoms in total. The molecule has 0 bridgehead atoms. The minimum atomic E-state index is -4.50. The number of likely N-dealkylation sites (N-methyl/N-ethyl adjacent to an activating group) is 1. The highest BCUT2D eigenvalue weighted by molar-refractivity contribution is 7.89. The van der Waals surface area contributed by atoms with Crippen LogP contribution >= 0.6 is 11.3 Å². The Morgan fingerprint density at radius 1 is 1.17 bits per heavy atom. The normalized spacial score (nSPS) is 14.1. The maximum atomic E-state index is 12.5. The maximum Gasteiger partial charge on any atom is 0.416 e. The Bertz CT molecular complexity index is 755. The summed E-state index contributed by atoms with van der Waals surface area (Å²) in [7, 11) is -0.221. The Morgan fingerprint density at radius 2 is 1.79 bits per heavy atom. The molecule has 0 aliphatic carbocycles. The van der Waals surface area contributed by atoms with Gasteiger partial charge in [0.05, 0.1) is 16.5 Å². The van der Waals surface area contributed by atoms with Gasteiger partial charge in [-0.1, -0.05) is 6.07 Å². The van der Waals surface area contributed by atoms with Gasteiger partial charge in [-0.15, -0.1) is 11.3 Å². The van der Waals surface area contributed by atoms with Crippen molar-refractivity contribution in [3.05, 3.63) is 52.2 Å². The van der Waals surface area contributed by atoms with Crippen molar-refractivity contribution >= 4 is 21.4 Å². The number of benzene rings is 1. The van der Waals surface area contributed by atoms with Gasteiger partial charge in [-0.25, -0.2) is 13.1 Å². The average Bonchev–Trinajstić information content (AvgIpc) is 3.00. The second kappa shape index (κ2) is 7.22. The summed E-state index contributed by atoms with van der Waals surface area (Å²) < 4.78 is 64.7. The summed E-state index contributed by atoms with van der Waals surface area (Å²) in [6.45, 7) is 0.122. The SMILES string of the molecule is CN(C)[C@H](CNS(=O)(=O)c1ccc(C(F)(F)F)cc1)c1cccs1. The standard InChI is InChI=1S/C15H17F3N2O2S2/c1-20(2)13(14-4-3-9-23-14)10-19-24(21,22)12-7-5-11(6-8-12)15(16,17)18/h3-9,13,19H,10H2,1-2H3/t13-/m1/s1. The zero-order valence-corrected chi connectivity index (χ0v) is 14.7.